The molecule has 0 spiro atoms. The highest BCUT2D eigenvalue weighted by molar-refractivity contribution is 6.30. The van der Waals surface area contributed by atoms with Crippen LogP contribution in [0.4, 0.5) is 5.69 Å². The lowest BCUT2D eigenvalue weighted by molar-refractivity contribution is -0.122. The summed E-state index contributed by atoms with van der Waals surface area (Å²) in [4.78, 5) is 24.7. The van der Waals surface area contributed by atoms with Gasteiger partial charge in [-0.25, -0.2) is 0 Å². The number of carbonyl (C=O) groups excluding carboxylic acids is 2. The van der Waals surface area contributed by atoms with Crippen LogP contribution in [0.25, 0.3) is 0 Å². The Morgan fingerprint density at radius 1 is 1.11 bits per heavy atom. The SMILES string of the molecule is CC(Oc1ccc(Cl)cc1)C(=O)Nc1cccc(C(=O)NCc2ccco2)c1. The number of halogens is 1. The number of anilines is 1. The van der Waals surface area contributed by atoms with Crippen molar-refractivity contribution in [2.45, 2.75) is 19.6 Å². The number of carbonyl (C=O) groups is 2. The molecule has 1 aromatic heterocycles. The molecule has 0 saturated heterocycles. The quantitative estimate of drug-likeness (QED) is 0.622. The minimum atomic E-state index is -0.724. The first-order chi connectivity index (χ1) is 13.5. The first kappa shape index (κ1) is 19.5. The number of rotatable bonds is 7. The average molecular weight is 399 g/mol. The number of benzene rings is 2. The molecule has 0 bridgehead atoms. The zero-order valence-electron chi connectivity index (χ0n) is 15.1. The molecule has 0 aliphatic heterocycles. The molecule has 2 amide bonds. The average Bonchev–Trinajstić information content (AvgIpc) is 3.21. The van der Waals surface area contributed by atoms with Crippen LogP contribution in [0.3, 0.4) is 0 Å². The van der Waals surface area contributed by atoms with E-state index in [0.29, 0.717) is 27.8 Å². The van der Waals surface area contributed by atoms with Gasteiger partial charge in [-0.1, -0.05) is 17.7 Å². The van der Waals surface area contributed by atoms with E-state index in [2.05, 4.69) is 10.6 Å². The van der Waals surface area contributed by atoms with Crippen LogP contribution in [-0.4, -0.2) is 17.9 Å². The van der Waals surface area contributed by atoms with E-state index in [4.69, 9.17) is 20.8 Å². The number of amides is 2. The molecule has 1 atom stereocenters. The highest BCUT2D eigenvalue weighted by Gasteiger charge is 2.16. The fourth-order valence-corrected chi connectivity index (χ4v) is 2.56. The van der Waals surface area contributed by atoms with Gasteiger partial charge in [0.2, 0.25) is 0 Å². The summed E-state index contributed by atoms with van der Waals surface area (Å²) in [6, 6.07) is 17.0. The first-order valence-electron chi connectivity index (χ1n) is 8.65. The van der Waals surface area contributed by atoms with Crippen molar-refractivity contribution in [2.75, 3.05) is 5.32 Å². The summed E-state index contributed by atoms with van der Waals surface area (Å²) in [6.45, 7) is 1.93. The van der Waals surface area contributed by atoms with Gasteiger partial charge >= 0.3 is 0 Å². The second-order valence-corrected chi connectivity index (χ2v) is 6.48. The van der Waals surface area contributed by atoms with Crippen molar-refractivity contribution in [1.29, 1.82) is 0 Å². The molecule has 144 valence electrons. The topological polar surface area (TPSA) is 80.6 Å². The van der Waals surface area contributed by atoms with Crippen LogP contribution in [-0.2, 0) is 11.3 Å². The Morgan fingerprint density at radius 3 is 2.61 bits per heavy atom. The third-order valence-corrected chi connectivity index (χ3v) is 4.14. The normalized spacial score (nSPS) is 11.5. The maximum Gasteiger partial charge on any atom is 0.265 e. The van der Waals surface area contributed by atoms with E-state index in [-0.39, 0.29) is 18.4 Å². The fourth-order valence-electron chi connectivity index (χ4n) is 2.44. The van der Waals surface area contributed by atoms with Crippen LogP contribution in [0.15, 0.2) is 71.3 Å². The molecule has 0 fully saturated rings. The van der Waals surface area contributed by atoms with Crippen LogP contribution in [0.2, 0.25) is 5.02 Å². The maximum atomic E-state index is 12.4. The van der Waals surface area contributed by atoms with Gasteiger partial charge in [-0.05, 0) is 61.5 Å². The number of hydrogen-bond donors (Lipinski definition) is 2. The molecule has 28 heavy (non-hydrogen) atoms. The molecule has 3 aromatic rings. The second-order valence-electron chi connectivity index (χ2n) is 6.05. The van der Waals surface area contributed by atoms with E-state index < -0.39 is 6.10 Å². The van der Waals surface area contributed by atoms with E-state index in [0.717, 1.165) is 0 Å². The predicted molar refractivity (Wildman–Crippen MR) is 106 cm³/mol. The van der Waals surface area contributed by atoms with Gasteiger partial charge in [-0.3, -0.25) is 9.59 Å². The second kappa shape index (κ2) is 9.10. The Morgan fingerprint density at radius 2 is 1.89 bits per heavy atom. The number of nitrogens with one attached hydrogen (secondary N) is 2. The minimum absolute atomic E-state index is 0.266. The van der Waals surface area contributed by atoms with Crippen LogP contribution < -0.4 is 15.4 Å². The van der Waals surface area contributed by atoms with Crippen molar-refractivity contribution in [3.8, 4) is 5.75 Å². The smallest absolute Gasteiger partial charge is 0.265 e. The zero-order valence-corrected chi connectivity index (χ0v) is 15.9. The molecular weight excluding hydrogens is 380 g/mol. The highest BCUT2D eigenvalue weighted by Crippen LogP contribution is 2.18. The fraction of sp³-hybridized carbons (Fsp3) is 0.143. The molecule has 3 rings (SSSR count). The summed E-state index contributed by atoms with van der Waals surface area (Å²) in [5, 5.41) is 6.10. The van der Waals surface area contributed by atoms with Crippen LogP contribution in [0, 0.1) is 0 Å². The highest BCUT2D eigenvalue weighted by atomic mass is 35.5. The summed E-state index contributed by atoms with van der Waals surface area (Å²) in [5.74, 6) is 0.602. The van der Waals surface area contributed by atoms with Crippen LogP contribution >= 0.6 is 11.6 Å². The van der Waals surface area contributed by atoms with E-state index >= 15 is 0 Å². The van der Waals surface area contributed by atoms with Gasteiger partial charge in [0.05, 0.1) is 12.8 Å². The molecule has 2 N–H and O–H groups in total. The third kappa shape index (κ3) is 5.37. The molecule has 0 saturated carbocycles. The summed E-state index contributed by atoms with van der Waals surface area (Å²) < 4.78 is 10.8. The van der Waals surface area contributed by atoms with Crippen molar-refractivity contribution in [3.63, 3.8) is 0 Å². The Hall–Kier alpha value is -3.25. The Balaban J connectivity index is 1.57. The van der Waals surface area contributed by atoms with Gasteiger partial charge in [0.1, 0.15) is 11.5 Å². The van der Waals surface area contributed by atoms with E-state index in [1.54, 1.807) is 73.9 Å². The van der Waals surface area contributed by atoms with Crippen molar-refractivity contribution in [1.82, 2.24) is 5.32 Å². The van der Waals surface area contributed by atoms with Gasteiger partial charge in [-0.2, -0.15) is 0 Å². The Bertz CT molecular complexity index is 939. The maximum absolute atomic E-state index is 12.4. The molecule has 7 heteroatoms. The largest absolute Gasteiger partial charge is 0.481 e. The molecule has 0 aliphatic carbocycles. The number of ether oxygens (including phenoxy) is 1. The van der Waals surface area contributed by atoms with Gasteiger partial charge in [0, 0.05) is 16.3 Å². The lowest BCUT2D eigenvalue weighted by Crippen LogP contribution is -2.30. The van der Waals surface area contributed by atoms with Crippen molar-refractivity contribution < 1.29 is 18.7 Å². The van der Waals surface area contributed by atoms with Gasteiger partial charge in [0.25, 0.3) is 11.8 Å². The molecule has 1 unspecified atom stereocenters. The Labute approximate surface area is 167 Å². The van der Waals surface area contributed by atoms with Crippen LogP contribution in [0.5, 0.6) is 5.75 Å². The summed E-state index contributed by atoms with van der Waals surface area (Å²) in [5.41, 5.74) is 0.929. The van der Waals surface area contributed by atoms with Crippen molar-refractivity contribution >= 4 is 29.1 Å². The lowest BCUT2D eigenvalue weighted by atomic mass is 10.2. The van der Waals surface area contributed by atoms with Crippen molar-refractivity contribution in [2.24, 2.45) is 0 Å². The van der Waals surface area contributed by atoms with E-state index in [9.17, 15) is 9.59 Å². The molecular formula is C21H19ClN2O4. The van der Waals surface area contributed by atoms with Crippen molar-refractivity contribution in [3.05, 3.63) is 83.3 Å². The monoisotopic (exact) mass is 398 g/mol. The number of furan rings is 1. The molecule has 0 aliphatic rings. The lowest BCUT2D eigenvalue weighted by Gasteiger charge is -2.15. The van der Waals surface area contributed by atoms with Gasteiger partial charge < -0.3 is 19.8 Å². The molecule has 1 heterocycles. The molecule has 2 aromatic carbocycles. The van der Waals surface area contributed by atoms with Gasteiger partial charge in [-0.15, -0.1) is 0 Å². The van der Waals surface area contributed by atoms with Crippen LogP contribution in [0.1, 0.15) is 23.0 Å². The molecule has 0 radical (unpaired) electrons. The summed E-state index contributed by atoms with van der Waals surface area (Å²) in [7, 11) is 0. The predicted octanol–water partition coefficient (Wildman–Crippen LogP) is 4.27. The molecule has 6 nitrogen and oxygen atoms in total. The van der Waals surface area contributed by atoms with E-state index in [1.165, 1.54) is 0 Å². The summed E-state index contributed by atoms with van der Waals surface area (Å²) >= 11 is 5.84. The minimum Gasteiger partial charge on any atom is -0.481 e. The third-order valence-electron chi connectivity index (χ3n) is 3.89. The van der Waals surface area contributed by atoms with E-state index in [1.807, 2.05) is 0 Å². The first-order valence-corrected chi connectivity index (χ1v) is 9.03. The zero-order chi connectivity index (χ0) is 19.9. The standard InChI is InChI=1S/C21H19ClN2O4/c1-14(28-18-9-7-16(22)8-10-18)20(25)24-17-5-2-4-15(12-17)21(26)23-13-19-6-3-11-27-19/h2-12,14H,13H2,1H3,(H,23,26)(H,24,25). The summed E-state index contributed by atoms with van der Waals surface area (Å²) in [6.07, 6.45) is 0.822. The van der Waals surface area contributed by atoms with Gasteiger partial charge in [0.15, 0.2) is 6.10 Å². The Kier molecular flexibility index (Phi) is 6.34. The number of hydrogen-bond acceptors (Lipinski definition) is 4.